The number of ether oxygens (including phenoxy) is 2. The van der Waals surface area contributed by atoms with Gasteiger partial charge in [-0.25, -0.2) is 0 Å². The van der Waals surface area contributed by atoms with Crippen LogP contribution in [0.3, 0.4) is 0 Å². The topological polar surface area (TPSA) is 50.7 Å². The highest BCUT2D eigenvalue weighted by molar-refractivity contribution is 5.43. The maximum absolute atomic E-state index is 10.7. The number of aliphatic hydroxyl groups excluding tert-OH is 1. The molecular formula is C16H25NO3. The van der Waals surface area contributed by atoms with Crippen LogP contribution in [0.25, 0.3) is 0 Å². The largest absolute Gasteiger partial charge is 0.493 e. The van der Waals surface area contributed by atoms with Crippen LogP contribution < -0.4 is 14.8 Å². The summed E-state index contributed by atoms with van der Waals surface area (Å²) >= 11 is 0. The van der Waals surface area contributed by atoms with Crippen LogP contribution >= 0.6 is 0 Å². The van der Waals surface area contributed by atoms with Crippen molar-refractivity contribution in [1.29, 1.82) is 0 Å². The summed E-state index contributed by atoms with van der Waals surface area (Å²) in [6.45, 7) is 4.26. The Balaban J connectivity index is 2.18. The van der Waals surface area contributed by atoms with Crippen molar-refractivity contribution in [3.8, 4) is 11.5 Å². The van der Waals surface area contributed by atoms with Crippen molar-refractivity contribution in [2.45, 2.75) is 44.9 Å². The highest BCUT2D eigenvalue weighted by Gasteiger charge is 2.31. The van der Waals surface area contributed by atoms with Crippen LogP contribution in [0.5, 0.6) is 11.5 Å². The van der Waals surface area contributed by atoms with Gasteiger partial charge in [-0.1, -0.05) is 19.9 Å². The predicted octanol–water partition coefficient (Wildman–Crippen LogP) is 2.51. The van der Waals surface area contributed by atoms with Crippen molar-refractivity contribution in [3.05, 3.63) is 23.8 Å². The van der Waals surface area contributed by atoms with Gasteiger partial charge in [0.15, 0.2) is 11.5 Å². The van der Waals surface area contributed by atoms with E-state index in [1.165, 1.54) is 12.8 Å². The van der Waals surface area contributed by atoms with Gasteiger partial charge >= 0.3 is 0 Å². The molecule has 1 aliphatic rings. The Morgan fingerprint density at radius 1 is 1.15 bits per heavy atom. The fourth-order valence-electron chi connectivity index (χ4n) is 2.41. The van der Waals surface area contributed by atoms with Crippen molar-refractivity contribution in [2.75, 3.05) is 14.2 Å². The average molecular weight is 279 g/mol. The van der Waals surface area contributed by atoms with Gasteiger partial charge in [0.05, 0.1) is 20.3 Å². The first-order chi connectivity index (χ1) is 9.56. The Labute approximate surface area is 121 Å². The number of benzene rings is 1. The molecule has 2 N–H and O–H groups in total. The second-order valence-electron chi connectivity index (χ2n) is 5.77. The van der Waals surface area contributed by atoms with Gasteiger partial charge < -0.3 is 19.9 Å². The zero-order valence-corrected chi connectivity index (χ0v) is 12.7. The molecule has 0 heterocycles. The van der Waals surface area contributed by atoms with Crippen molar-refractivity contribution in [2.24, 2.45) is 5.92 Å². The zero-order chi connectivity index (χ0) is 14.7. The number of methoxy groups -OCH3 is 2. The standard InChI is InChI=1S/C16H25NO3/c1-10(2)15(17-12-6-7-12)16(18)11-5-8-13(19-3)14(9-11)20-4/h5,8-10,12,15-18H,6-7H2,1-4H3. The van der Waals surface area contributed by atoms with E-state index in [0.717, 1.165) is 5.56 Å². The van der Waals surface area contributed by atoms with Gasteiger partial charge in [-0.05, 0) is 36.5 Å². The molecule has 4 heteroatoms. The third-order valence-electron chi connectivity index (χ3n) is 3.81. The van der Waals surface area contributed by atoms with Crippen LogP contribution in [0.1, 0.15) is 38.4 Å². The molecule has 0 bridgehead atoms. The molecule has 0 radical (unpaired) electrons. The molecule has 2 atom stereocenters. The van der Waals surface area contributed by atoms with Gasteiger partial charge in [0, 0.05) is 12.1 Å². The summed E-state index contributed by atoms with van der Waals surface area (Å²) in [5.41, 5.74) is 0.856. The number of hydrogen-bond donors (Lipinski definition) is 2. The van der Waals surface area contributed by atoms with E-state index in [0.29, 0.717) is 23.5 Å². The third-order valence-corrected chi connectivity index (χ3v) is 3.81. The monoisotopic (exact) mass is 279 g/mol. The lowest BCUT2D eigenvalue weighted by Gasteiger charge is -2.28. The molecule has 0 spiro atoms. The van der Waals surface area contributed by atoms with E-state index in [1.807, 2.05) is 18.2 Å². The second-order valence-corrected chi connectivity index (χ2v) is 5.77. The number of aliphatic hydroxyl groups is 1. The van der Waals surface area contributed by atoms with Crippen LogP contribution in [0.2, 0.25) is 0 Å². The molecule has 0 saturated heterocycles. The van der Waals surface area contributed by atoms with Crippen molar-refractivity contribution in [3.63, 3.8) is 0 Å². The molecule has 1 aromatic rings. The summed E-state index contributed by atoms with van der Waals surface area (Å²) < 4.78 is 10.5. The highest BCUT2D eigenvalue weighted by Crippen LogP contribution is 2.33. The normalized spacial score (nSPS) is 17.9. The Bertz CT molecular complexity index is 443. The molecule has 1 aromatic carbocycles. The van der Waals surface area contributed by atoms with Crippen LogP contribution in [-0.4, -0.2) is 31.4 Å². The SMILES string of the molecule is COc1ccc(C(O)C(NC2CC2)C(C)C)cc1OC. The summed E-state index contributed by atoms with van der Waals surface area (Å²) in [7, 11) is 3.22. The van der Waals surface area contributed by atoms with E-state index in [4.69, 9.17) is 9.47 Å². The summed E-state index contributed by atoms with van der Waals surface area (Å²) in [5.74, 6) is 1.69. The van der Waals surface area contributed by atoms with E-state index >= 15 is 0 Å². The third kappa shape index (κ3) is 3.44. The lowest BCUT2D eigenvalue weighted by molar-refractivity contribution is 0.104. The first-order valence-corrected chi connectivity index (χ1v) is 7.22. The van der Waals surface area contributed by atoms with Crippen LogP contribution in [0.4, 0.5) is 0 Å². The quantitative estimate of drug-likeness (QED) is 0.805. The van der Waals surface area contributed by atoms with E-state index < -0.39 is 6.10 Å². The smallest absolute Gasteiger partial charge is 0.161 e. The lowest BCUT2D eigenvalue weighted by atomic mass is 9.93. The van der Waals surface area contributed by atoms with E-state index in [1.54, 1.807) is 14.2 Å². The van der Waals surface area contributed by atoms with E-state index in [9.17, 15) is 5.11 Å². The fraction of sp³-hybridized carbons (Fsp3) is 0.625. The lowest BCUT2D eigenvalue weighted by Crippen LogP contribution is -2.40. The van der Waals surface area contributed by atoms with Crippen LogP contribution in [0, 0.1) is 5.92 Å². The summed E-state index contributed by atoms with van der Waals surface area (Å²) in [5, 5.41) is 14.2. The summed E-state index contributed by atoms with van der Waals surface area (Å²) in [6, 6.07) is 6.22. The first-order valence-electron chi connectivity index (χ1n) is 7.22. The Kier molecular flexibility index (Phi) is 4.89. The van der Waals surface area contributed by atoms with E-state index in [2.05, 4.69) is 19.2 Å². The minimum absolute atomic E-state index is 0.0561. The zero-order valence-electron chi connectivity index (χ0n) is 12.7. The molecule has 1 fully saturated rings. The second kappa shape index (κ2) is 6.46. The van der Waals surface area contributed by atoms with Gasteiger partial charge in [-0.2, -0.15) is 0 Å². The molecule has 2 rings (SSSR count). The average Bonchev–Trinajstić information content (AvgIpc) is 3.27. The highest BCUT2D eigenvalue weighted by atomic mass is 16.5. The molecule has 1 saturated carbocycles. The minimum Gasteiger partial charge on any atom is -0.493 e. The van der Waals surface area contributed by atoms with Crippen molar-refractivity contribution >= 4 is 0 Å². The minimum atomic E-state index is -0.546. The number of hydrogen-bond acceptors (Lipinski definition) is 4. The van der Waals surface area contributed by atoms with Gasteiger partial charge in [0.25, 0.3) is 0 Å². The molecule has 0 amide bonds. The predicted molar refractivity (Wildman–Crippen MR) is 79.3 cm³/mol. The number of nitrogens with one attached hydrogen (secondary N) is 1. The molecular weight excluding hydrogens is 254 g/mol. The molecule has 0 aromatic heterocycles. The Morgan fingerprint density at radius 2 is 1.80 bits per heavy atom. The van der Waals surface area contributed by atoms with Gasteiger partial charge in [-0.15, -0.1) is 0 Å². The summed E-state index contributed by atoms with van der Waals surface area (Å²) in [6.07, 6.45) is 1.87. The van der Waals surface area contributed by atoms with Gasteiger partial charge in [0.1, 0.15) is 0 Å². The molecule has 4 nitrogen and oxygen atoms in total. The molecule has 2 unspecified atom stereocenters. The first kappa shape index (κ1) is 15.1. The molecule has 20 heavy (non-hydrogen) atoms. The fourth-order valence-corrected chi connectivity index (χ4v) is 2.41. The van der Waals surface area contributed by atoms with Crippen molar-refractivity contribution < 1.29 is 14.6 Å². The Hall–Kier alpha value is -1.26. The number of rotatable bonds is 7. The van der Waals surface area contributed by atoms with E-state index in [-0.39, 0.29) is 6.04 Å². The summed E-state index contributed by atoms with van der Waals surface area (Å²) in [4.78, 5) is 0. The van der Waals surface area contributed by atoms with Crippen molar-refractivity contribution in [1.82, 2.24) is 5.32 Å². The van der Waals surface area contributed by atoms with Crippen LogP contribution in [0.15, 0.2) is 18.2 Å². The molecule has 1 aliphatic carbocycles. The maximum atomic E-state index is 10.7. The Morgan fingerprint density at radius 3 is 2.30 bits per heavy atom. The molecule has 112 valence electrons. The molecule has 0 aliphatic heterocycles. The maximum Gasteiger partial charge on any atom is 0.161 e. The van der Waals surface area contributed by atoms with Gasteiger partial charge in [0.2, 0.25) is 0 Å². The van der Waals surface area contributed by atoms with Crippen LogP contribution in [-0.2, 0) is 0 Å². The van der Waals surface area contributed by atoms with Gasteiger partial charge in [-0.3, -0.25) is 0 Å².